The fourth-order valence-corrected chi connectivity index (χ4v) is 3.10. The first-order valence-electron chi connectivity index (χ1n) is 6.35. The lowest BCUT2D eigenvalue weighted by Crippen LogP contribution is -2.39. The van der Waals surface area contributed by atoms with E-state index in [0.717, 1.165) is 32.4 Å². The lowest BCUT2D eigenvalue weighted by atomic mass is 9.96. The van der Waals surface area contributed by atoms with Gasteiger partial charge < -0.3 is 10.6 Å². The third kappa shape index (κ3) is 3.97. The van der Waals surface area contributed by atoms with Gasteiger partial charge in [0.25, 0.3) is 0 Å². The SMILES string of the molecule is CCC(NC(=O)C1CCNCC1)c1cccs1.Cl. The molecule has 2 heterocycles. The summed E-state index contributed by atoms with van der Waals surface area (Å²) < 4.78 is 0. The van der Waals surface area contributed by atoms with Crippen LogP contribution in [0.5, 0.6) is 0 Å². The van der Waals surface area contributed by atoms with Crippen LogP contribution in [0.3, 0.4) is 0 Å². The number of piperidine rings is 1. The number of hydrogen-bond donors (Lipinski definition) is 2. The molecule has 1 aromatic rings. The van der Waals surface area contributed by atoms with Gasteiger partial charge in [0.2, 0.25) is 5.91 Å². The van der Waals surface area contributed by atoms with Crippen molar-refractivity contribution in [2.24, 2.45) is 5.92 Å². The molecular weight excluding hydrogens is 268 g/mol. The van der Waals surface area contributed by atoms with Crippen LogP contribution in [0.1, 0.15) is 37.1 Å². The van der Waals surface area contributed by atoms with Gasteiger partial charge >= 0.3 is 0 Å². The molecule has 18 heavy (non-hydrogen) atoms. The van der Waals surface area contributed by atoms with Crippen LogP contribution in [0.4, 0.5) is 0 Å². The number of hydrogen-bond acceptors (Lipinski definition) is 3. The molecule has 2 N–H and O–H groups in total. The van der Waals surface area contributed by atoms with Gasteiger partial charge in [0, 0.05) is 10.8 Å². The molecule has 0 bridgehead atoms. The number of carbonyl (C=O) groups excluding carboxylic acids is 1. The second kappa shape index (κ2) is 7.77. The van der Waals surface area contributed by atoms with Crippen molar-refractivity contribution in [1.29, 1.82) is 0 Å². The second-order valence-electron chi connectivity index (χ2n) is 4.51. The highest BCUT2D eigenvalue weighted by atomic mass is 35.5. The lowest BCUT2D eigenvalue weighted by molar-refractivity contribution is -0.126. The van der Waals surface area contributed by atoms with E-state index in [2.05, 4.69) is 29.0 Å². The Morgan fingerprint density at radius 1 is 1.56 bits per heavy atom. The predicted octanol–water partition coefficient (Wildman–Crippen LogP) is 2.74. The average molecular weight is 289 g/mol. The van der Waals surface area contributed by atoms with Crippen molar-refractivity contribution in [2.45, 2.75) is 32.2 Å². The van der Waals surface area contributed by atoms with Crippen molar-refractivity contribution in [3.05, 3.63) is 22.4 Å². The summed E-state index contributed by atoms with van der Waals surface area (Å²) in [6.07, 6.45) is 2.89. The largest absolute Gasteiger partial charge is 0.348 e. The first kappa shape index (κ1) is 15.5. The molecule has 1 amide bonds. The molecule has 3 nitrogen and oxygen atoms in total. The van der Waals surface area contributed by atoms with Gasteiger partial charge in [-0.15, -0.1) is 23.7 Å². The van der Waals surface area contributed by atoms with E-state index >= 15 is 0 Å². The first-order chi connectivity index (χ1) is 8.31. The minimum absolute atomic E-state index is 0. The van der Waals surface area contributed by atoms with Gasteiger partial charge in [-0.1, -0.05) is 13.0 Å². The molecule has 1 aliphatic rings. The van der Waals surface area contributed by atoms with E-state index in [0.29, 0.717) is 0 Å². The minimum Gasteiger partial charge on any atom is -0.348 e. The molecule has 102 valence electrons. The summed E-state index contributed by atoms with van der Waals surface area (Å²) in [4.78, 5) is 13.4. The number of halogens is 1. The van der Waals surface area contributed by atoms with Crippen LogP contribution in [0.2, 0.25) is 0 Å². The van der Waals surface area contributed by atoms with Crippen LogP contribution in [-0.4, -0.2) is 19.0 Å². The number of rotatable bonds is 4. The van der Waals surface area contributed by atoms with Crippen LogP contribution in [0.15, 0.2) is 17.5 Å². The molecule has 0 aromatic carbocycles. The average Bonchev–Trinajstić information content (AvgIpc) is 2.90. The van der Waals surface area contributed by atoms with Gasteiger partial charge in [0.05, 0.1) is 6.04 Å². The maximum absolute atomic E-state index is 12.1. The molecule has 0 spiro atoms. The molecule has 5 heteroatoms. The molecule has 1 unspecified atom stereocenters. The summed E-state index contributed by atoms with van der Waals surface area (Å²) in [6, 6.07) is 4.33. The van der Waals surface area contributed by atoms with Gasteiger partial charge in [-0.3, -0.25) is 4.79 Å². The smallest absolute Gasteiger partial charge is 0.223 e. The molecule has 1 atom stereocenters. The lowest BCUT2D eigenvalue weighted by Gasteiger charge is -2.24. The minimum atomic E-state index is 0. The highest BCUT2D eigenvalue weighted by Crippen LogP contribution is 2.23. The van der Waals surface area contributed by atoms with Crippen molar-refractivity contribution in [2.75, 3.05) is 13.1 Å². The zero-order valence-electron chi connectivity index (χ0n) is 10.6. The normalized spacial score (nSPS) is 17.8. The van der Waals surface area contributed by atoms with E-state index in [-0.39, 0.29) is 30.3 Å². The highest BCUT2D eigenvalue weighted by molar-refractivity contribution is 7.10. The fourth-order valence-electron chi connectivity index (χ4n) is 2.24. The summed E-state index contributed by atoms with van der Waals surface area (Å²) in [5.41, 5.74) is 0. The Morgan fingerprint density at radius 3 is 2.83 bits per heavy atom. The Balaban J connectivity index is 0.00000162. The molecule has 1 saturated heterocycles. The topological polar surface area (TPSA) is 41.1 Å². The summed E-state index contributed by atoms with van der Waals surface area (Å²) in [6.45, 7) is 4.05. The Morgan fingerprint density at radius 2 is 2.28 bits per heavy atom. The standard InChI is InChI=1S/C13H20N2OS.ClH/c1-2-11(12-4-3-9-17-12)15-13(16)10-5-7-14-8-6-10;/h3-4,9-11,14H,2,5-8H2,1H3,(H,15,16);1H. The van der Waals surface area contributed by atoms with Crippen LogP contribution in [0, 0.1) is 5.92 Å². The monoisotopic (exact) mass is 288 g/mol. The Hall–Kier alpha value is -0.580. The number of amides is 1. The Kier molecular flexibility index (Phi) is 6.68. The van der Waals surface area contributed by atoms with E-state index in [4.69, 9.17) is 0 Å². The van der Waals surface area contributed by atoms with Crippen molar-refractivity contribution in [3.8, 4) is 0 Å². The maximum atomic E-state index is 12.1. The summed E-state index contributed by atoms with van der Waals surface area (Å²) in [5.74, 6) is 0.428. The van der Waals surface area contributed by atoms with Crippen molar-refractivity contribution in [3.63, 3.8) is 0 Å². The predicted molar refractivity (Wildman–Crippen MR) is 78.3 cm³/mol. The van der Waals surface area contributed by atoms with E-state index in [1.54, 1.807) is 11.3 Å². The zero-order chi connectivity index (χ0) is 12.1. The Labute approximate surface area is 119 Å². The van der Waals surface area contributed by atoms with Gasteiger partial charge in [-0.05, 0) is 43.8 Å². The molecule has 1 aromatic heterocycles. The quantitative estimate of drug-likeness (QED) is 0.894. The second-order valence-corrected chi connectivity index (χ2v) is 5.49. The Bertz CT molecular complexity index is 350. The summed E-state index contributed by atoms with van der Waals surface area (Å²) in [5, 5.41) is 8.53. The van der Waals surface area contributed by atoms with Crippen molar-refractivity contribution in [1.82, 2.24) is 10.6 Å². The summed E-state index contributed by atoms with van der Waals surface area (Å²) in [7, 11) is 0. The molecular formula is C13H21ClN2OS. The molecule has 1 aliphatic heterocycles. The van der Waals surface area contributed by atoms with Gasteiger partial charge in [0.1, 0.15) is 0 Å². The van der Waals surface area contributed by atoms with Gasteiger partial charge in [-0.2, -0.15) is 0 Å². The molecule has 0 radical (unpaired) electrons. The van der Waals surface area contributed by atoms with E-state index in [9.17, 15) is 4.79 Å². The first-order valence-corrected chi connectivity index (χ1v) is 7.23. The molecule has 2 rings (SSSR count). The molecule has 1 fully saturated rings. The van der Waals surface area contributed by atoms with Crippen molar-refractivity contribution >= 4 is 29.7 Å². The highest BCUT2D eigenvalue weighted by Gasteiger charge is 2.23. The maximum Gasteiger partial charge on any atom is 0.223 e. The summed E-state index contributed by atoms with van der Waals surface area (Å²) >= 11 is 1.72. The molecule has 0 saturated carbocycles. The molecule has 0 aliphatic carbocycles. The third-order valence-electron chi connectivity index (χ3n) is 3.32. The van der Waals surface area contributed by atoms with Crippen LogP contribution in [0.25, 0.3) is 0 Å². The van der Waals surface area contributed by atoms with Gasteiger partial charge in [0.15, 0.2) is 0 Å². The van der Waals surface area contributed by atoms with Crippen LogP contribution >= 0.6 is 23.7 Å². The zero-order valence-corrected chi connectivity index (χ0v) is 12.3. The van der Waals surface area contributed by atoms with Crippen LogP contribution in [-0.2, 0) is 4.79 Å². The van der Waals surface area contributed by atoms with Crippen LogP contribution < -0.4 is 10.6 Å². The van der Waals surface area contributed by atoms with E-state index < -0.39 is 0 Å². The number of thiophene rings is 1. The van der Waals surface area contributed by atoms with E-state index in [1.807, 2.05) is 6.07 Å². The number of nitrogens with one attached hydrogen (secondary N) is 2. The number of carbonyl (C=O) groups is 1. The third-order valence-corrected chi connectivity index (χ3v) is 4.31. The fraction of sp³-hybridized carbons (Fsp3) is 0.615. The van der Waals surface area contributed by atoms with Gasteiger partial charge in [-0.25, -0.2) is 0 Å². The van der Waals surface area contributed by atoms with E-state index in [1.165, 1.54) is 4.88 Å². The van der Waals surface area contributed by atoms with Crippen molar-refractivity contribution < 1.29 is 4.79 Å².